The van der Waals surface area contributed by atoms with Gasteiger partial charge in [0, 0.05) is 16.6 Å². The van der Waals surface area contributed by atoms with Crippen molar-refractivity contribution in [2.45, 2.75) is 0 Å². The fraction of sp³-hybridized carbons (Fsp3) is 0.130. The van der Waals surface area contributed by atoms with E-state index in [0.717, 1.165) is 0 Å². The molecular weight excluding hydrogens is 570 g/mol. The lowest BCUT2D eigenvalue weighted by Crippen LogP contribution is -2.20. The largest absolute Gasteiger partial charge is 0.465 e. The lowest BCUT2D eigenvalue weighted by atomic mass is 10.0. The molecule has 0 saturated heterocycles. The van der Waals surface area contributed by atoms with Crippen LogP contribution in [0.4, 0.5) is 5.69 Å². The molecule has 0 amide bonds. The maximum Gasteiger partial charge on any atom is 0.343 e. The van der Waals surface area contributed by atoms with Gasteiger partial charge in [-0.05, 0) is 41.8 Å². The van der Waals surface area contributed by atoms with Crippen LogP contribution < -0.4 is 21.5 Å². The lowest BCUT2D eigenvalue weighted by Gasteiger charge is -2.13. The minimum atomic E-state index is -3.67. The van der Waals surface area contributed by atoms with Crippen molar-refractivity contribution in [2.24, 2.45) is 11.5 Å². The molecule has 0 aliphatic heterocycles. The van der Waals surface area contributed by atoms with E-state index in [9.17, 15) is 26.4 Å². The molecule has 3 aromatic rings. The van der Waals surface area contributed by atoms with Gasteiger partial charge < -0.3 is 26.3 Å². The van der Waals surface area contributed by atoms with Gasteiger partial charge in [-0.15, -0.1) is 0 Å². The van der Waals surface area contributed by atoms with Crippen LogP contribution in [0, 0.1) is 10.8 Å². The average Bonchev–Trinajstić information content (AvgIpc) is 2.81. The van der Waals surface area contributed by atoms with Crippen LogP contribution in [0.15, 0.2) is 54.6 Å². The van der Waals surface area contributed by atoms with E-state index in [4.69, 9.17) is 40.9 Å². The van der Waals surface area contributed by atoms with Crippen molar-refractivity contribution < 1.29 is 45.0 Å². The summed E-state index contributed by atoms with van der Waals surface area (Å²) in [6.45, 7) is 0. The number of guanidine groups is 1. The van der Waals surface area contributed by atoms with Crippen LogP contribution in [0.1, 0.15) is 26.3 Å². The van der Waals surface area contributed by atoms with Crippen molar-refractivity contribution >= 4 is 60.4 Å². The minimum Gasteiger partial charge on any atom is -0.465 e. The van der Waals surface area contributed by atoms with Gasteiger partial charge in [0.05, 0.1) is 25.2 Å². The molecule has 0 atom stereocenters. The van der Waals surface area contributed by atoms with E-state index in [1.165, 1.54) is 25.3 Å². The van der Waals surface area contributed by atoms with Gasteiger partial charge in [-0.25, -0.2) is 9.59 Å². The minimum absolute atomic E-state index is 0.0425. The molecule has 40 heavy (non-hydrogen) atoms. The molecule has 0 radical (unpaired) electrons. The van der Waals surface area contributed by atoms with Gasteiger partial charge in [0.15, 0.2) is 5.96 Å². The summed E-state index contributed by atoms with van der Waals surface area (Å²) in [5, 5.41) is 18.5. The van der Waals surface area contributed by atoms with E-state index in [0.29, 0.717) is 34.5 Å². The Kier molecular flexibility index (Phi) is 11.7. The number of rotatable bonds is 5. The van der Waals surface area contributed by atoms with Gasteiger partial charge in [0.25, 0.3) is 20.2 Å². The van der Waals surface area contributed by atoms with Gasteiger partial charge in [0.1, 0.15) is 17.1 Å². The second-order valence-corrected chi connectivity index (χ2v) is 10.7. The maximum atomic E-state index is 12.6. The van der Waals surface area contributed by atoms with E-state index in [-0.39, 0.29) is 28.7 Å². The first kappa shape index (κ1) is 33.4. The summed E-state index contributed by atoms with van der Waals surface area (Å²) in [6.07, 6.45) is 1.43. The van der Waals surface area contributed by atoms with Crippen molar-refractivity contribution in [3.05, 3.63) is 71.3 Å². The number of benzene rings is 3. The molecule has 0 saturated carbocycles. The van der Waals surface area contributed by atoms with E-state index in [1.54, 1.807) is 36.4 Å². The van der Waals surface area contributed by atoms with Crippen LogP contribution in [-0.4, -0.2) is 69.3 Å². The smallest absolute Gasteiger partial charge is 0.343 e. The first-order valence-corrected chi connectivity index (χ1v) is 14.3. The highest BCUT2D eigenvalue weighted by Gasteiger charge is 2.21. The van der Waals surface area contributed by atoms with Crippen molar-refractivity contribution in [1.29, 1.82) is 10.8 Å². The summed E-state index contributed by atoms with van der Waals surface area (Å²) < 4.78 is 62.1. The second-order valence-electron chi connectivity index (χ2n) is 7.75. The molecule has 17 heteroatoms. The zero-order valence-electron chi connectivity index (χ0n) is 21.3. The third-order valence-electron chi connectivity index (χ3n) is 4.28. The maximum absolute atomic E-state index is 12.6. The summed E-state index contributed by atoms with van der Waals surface area (Å²) in [5.41, 5.74) is 12.2. The number of nitrogens with two attached hydrogens (primary N) is 2. The van der Waals surface area contributed by atoms with Gasteiger partial charge in [-0.1, -0.05) is 18.2 Å². The van der Waals surface area contributed by atoms with Gasteiger partial charge in [0.2, 0.25) is 0 Å². The molecular formula is C23H27N5O10S2. The van der Waals surface area contributed by atoms with Crippen LogP contribution in [-0.2, 0) is 25.0 Å². The second kappa shape index (κ2) is 14.0. The highest BCUT2D eigenvalue weighted by Crippen LogP contribution is 2.30. The molecule has 9 N–H and O–H groups in total. The molecule has 3 rings (SSSR count). The summed E-state index contributed by atoms with van der Waals surface area (Å²) in [4.78, 5) is 25.0. The summed E-state index contributed by atoms with van der Waals surface area (Å²) in [7, 11) is -6.10. The number of nitrogen functional groups attached to an aromatic ring is 1. The SMILES string of the molecule is COC(=O)c1c(OC(=O)c2ccc(NC(=N)N)cc2)ccc2cc(C(=N)N)ccc12.CS(=O)(=O)O.CS(=O)(=O)O. The van der Waals surface area contributed by atoms with Crippen LogP contribution in [0.2, 0.25) is 0 Å². The van der Waals surface area contributed by atoms with E-state index >= 15 is 0 Å². The average molecular weight is 598 g/mol. The Morgan fingerprint density at radius 2 is 1.32 bits per heavy atom. The molecule has 0 bridgehead atoms. The molecule has 3 aromatic carbocycles. The van der Waals surface area contributed by atoms with Crippen LogP contribution >= 0.6 is 0 Å². The number of ether oxygens (including phenoxy) is 2. The molecule has 0 heterocycles. The summed E-state index contributed by atoms with van der Waals surface area (Å²) in [5.74, 6) is -1.62. The number of nitrogens with one attached hydrogen (secondary N) is 3. The van der Waals surface area contributed by atoms with Crippen molar-refractivity contribution in [1.82, 2.24) is 0 Å². The number of amidine groups is 1. The molecule has 0 aliphatic rings. The number of esters is 2. The summed E-state index contributed by atoms with van der Waals surface area (Å²) >= 11 is 0. The van der Waals surface area contributed by atoms with E-state index < -0.39 is 32.2 Å². The van der Waals surface area contributed by atoms with Crippen LogP contribution in [0.5, 0.6) is 5.75 Å². The van der Waals surface area contributed by atoms with Crippen molar-refractivity contribution in [3.63, 3.8) is 0 Å². The predicted octanol–water partition coefficient (Wildman–Crippen LogP) is 1.44. The Hall–Kier alpha value is -4.58. The quantitative estimate of drug-likeness (QED) is 0.0722. The Bertz CT molecular complexity index is 1590. The fourth-order valence-electron chi connectivity index (χ4n) is 2.88. The van der Waals surface area contributed by atoms with E-state index in [2.05, 4.69) is 5.32 Å². The fourth-order valence-corrected chi connectivity index (χ4v) is 2.88. The predicted molar refractivity (Wildman–Crippen MR) is 148 cm³/mol. The monoisotopic (exact) mass is 597 g/mol. The van der Waals surface area contributed by atoms with Gasteiger partial charge in [-0.2, -0.15) is 16.8 Å². The highest BCUT2D eigenvalue weighted by atomic mass is 32.2. The van der Waals surface area contributed by atoms with Crippen LogP contribution in [0.25, 0.3) is 10.8 Å². The molecule has 15 nitrogen and oxygen atoms in total. The van der Waals surface area contributed by atoms with Gasteiger partial charge in [-0.3, -0.25) is 19.9 Å². The van der Waals surface area contributed by atoms with Crippen LogP contribution in [0.3, 0.4) is 0 Å². The number of hydrogen-bond acceptors (Lipinski definition) is 10. The van der Waals surface area contributed by atoms with Crippen molar-refractivity contribution in [3.8, 4) is 5.75 Å². The number of carbonyl (C=O) groups is 2. The zero-order chi connectivity index (χ0) is 30.8. The van der Waals surface area contributed by atoms with Crippen molar-refractivity contribution in [2.75, 3.05) is 24.9 Å². The Morgan fingerprint density at radius 1 is 0.825 bits per heavy atom. The Balaban J connectivity index is 0.000000686. The Morgan fingerprint density at radius 3 is 1.77 bits per heavy atom. The number of methoxy groups -OCH3 is 1. The highest BCUT2D eigenvalue weighted by molar-refractivity contribution is 7.85. The number of fused-ring (bicyclic) bond motifs is 1. The summed E-state index contributed by atoms with van der Waals surface area (Å²) in [6, 6.07) is 14.2. The number of anilines is 1. The molecule has 0 aromatic heterocycles. The number of hydrogen-bond donors (Lipinski definition) is 7. The zero-order valence-corrected chi connectivity index (χ0v) is 23.0. The number of carbonyl (C=O) groups excluding carboxylic acids is 2. The normalized spacial score (nSPS) is 10.6. The van der Waals surface area contributed by atoms with Gasteiger partial charge >= 0.3 is 11.9 Å². The molecule has 216 valence electrons. The molecule has 0 spiro atoms. The molecule has 0 fully saturated rings. The third-order valence-corrected chi connectivity index (χ3v) is 4.28. The standard InChI is InChI=1S/C21H19N5O4.2CH4O3S/c1-29-20(28)17-15-8-4-13(18(22)23)10-12(15)5-9-16(17)30-19(27)11-2-6-14(7-3-11)26-21(24)25;2*1-5(2,3)4/h2-10H,1H3,(H3,22,23)(H4,24,25,26);2*1H3,(H,2,3,4). The molecule has 0 aliphatic carbocycles. The lowest BCUT2D eigenvalue weighted by molar-refractivity contribution is 0.0595. The topological polar surface area (TPSA) is 273 Å². The third kappa shape index (κ3) is 12.3. The molecule has 0 unspecified atom stereocenters. The first-order chi connectivity index (χ1) is 18.3. The Labute approximate surface area is 229 Å². The van der Waals surface area contributed by atoms with E-state index in [1.807, 2.05) is 0 Å². The first-order valence-electron chi connectivity index (χ1n) is 10.6.